The fraction of sp³-hybridized carbons (Fsp3) is 0.765. The van der Waals surface area contributed by atoms with Crippen molar-refractivity contribution < 1.29 is 4.79 Å². The molecular weight excluding hydrogens is 248 g/mol. The van der Waals surface area contributed by atoms with E-state index in [9.17, 15) is 4.79 Å². The van der Waals surface area contributed by atoms with Crippen molar-refractivity contribution in [3.05, 3.63) is 17.5 Å². The van der Waals surface area contributed by atoms with Gasteiger partial charge in [0.05, 0.1) is 0 Å². The van der Waals surface area contributed by atoms with Gasteiger partial charge in [-0.15, -0.1) is 0 Å². The number of aromatic nitrogens is 2. The summed E-state index contributed by atoms with van der Waals surface area (Å²) < 4.78 is 0. The van der Waals surface area contributed by atoms with Crippen molar-refractivity contribution in [2.75, 3.05) is 0 Å². The number of aromatic amines is 1. The number of Topliss-reactive ketones (excluding diaryl/α,β-unsaturated/α-hetero) is 1. The summed E-state index contributed by atoms with van der Waals surface area (Å²) >= 11 is 0. The summed E-state index contributed by atoms with van der Waals surface area (Å²) in [6, 6.07) is 1.88. The van der Waals surface area contributed by atoms with Crippen LogP contribution in [0, 0.1) is 12.8 Å². The molecule has 0 saturated carbocycles. The number of carbonyl (C=O) groups excluding carboxylic acids is 1. The highest BCUT2D eigenvalue weighted by Gasteiger charge is 2.21. The van der Waals surface area contributed by atoms with Crippen molar-refractivity contribution in [1.82, 2.24) is 10.2 Å². The van der Waals surface area contributed by atoms with Gasteiger partial charge in [0.1, 0.15) is 5.69 Å². The summed E-state index contributed by atoms with van der Waals surface area (Å²) in [5.74, 6) is 0.406. The van der Waals surface area contributed by atoms with Gasteiger partial charge in [-0.2, -0.15) is 5.10 Å². The molecule has 0 spiro atoms. The van der Waals surface area contributed by atoms with Gasteiger partial charge < -0.3 is 0 Å². The molecule has 1 atom stereocenters. The smallest absolute Gasteiger partial charge is 0.186 e. The standard InChI is InChI=1S/C17H30N2O/c1-4-6-8-10-12-15(11-9-7-5-2)17(20)16-13-14(3)18-19-16/h13,15H,4-12H2,1-3H3,(H,18,19). The van der Waals surface area contributed by atoms with Crippen LogP contribution in [0.2, 0.25) is 0 Å². The maximum atomic E-state index is 12.5. The van der Waals surface area contributed by atoms with Crippen LogP contribution in [0.4, 0.5) is 0 Å². The van der Waals surface area contributed by atoms with Gasteiger partial charge in [-0.1, -0.05) is 58.8 Å². The van der Waals surface area contributed by atoms with E-state index in [1.54, 1.807) is 0 Å². The van der Waals surface area contributed by atoms with Crippen molar-refractivity contribution in [2.45, 2.75) is 78.6 Å². The summed E-state index contributed by atoms with van der Waals surface area (Å²) in [7, 11) is 0. The van der Waals surface area contributed by atoms with Gasteiger partial charge in [-0.05, 0) is 25.8 Å². The van der Waals surface area contributed by atoms with Crippen LogP contribution in [0.3, 0.4) is 0 Å². The number of rotatable bonds is 11. The van der Waals surface area contributed by atoms with Crippen LogP contribution in [0.1, 0.15) is 87.8 Å². The molecule has 1 aromatic heterocycles. The molecule has 0 saturated heterocycles. The average Bonchev–Trinajstić information content (AvgIpc) is 2.87. The van der Waals surface area contributed by atoms with Gasteiger partial charge in [0, 0.05) is 11.6 Å². The molecule has 0 aliphatic rings. The maximum Gasteiger partial charge on any atom is 0.186 e. The highest BCUT2D eigenvalue weighted by molar-refractivity contribution is 5.96. The molecule has 1 rings (SSSR count). The summed E-state index contributed by atoms with van der Waals surface area (Å²) in [6.45, 7) is 6.36. The van der Waals surface area contributed by atoms with E-state index < -0.39 is 0 Å². The summed E-state index contributed by atoms with van der Waals surface area (Å²) in [5.41, 5.74) is 1.59. The number of aryl methyl sites for hydroxylation is 1. The normalized spacial score (nSPS) is 12.6. The molecule has 1 unspecified atom stereocenters. The molecule has 1 N–H and O–H groups in total. The van der Waals surface area contributed by atoms with Gasteiger partial charge >= 0.3 is 0 Å². The third-order valence-corrected chi connectivity index (χ3v) is 3.89. The first-order valence-electron chi connectivity index (χ1n) is 8.25. The van der Waals surface area contributed by atoms with Gasteiger partial charge in [0.15, 0.2) is 5.78 Å². The third kappa shape index (κ3) is 5.89. The predicted octanol–water partition coefficient (Wildman–Crippen LogP) is 5.07. The van der Waals surface area contributed by atoms with Crippen LogP contribution >= 0.6 is 0 Å². The van der Waals surface area contributed by atoms with E-state index in [1.807, 2.05) is 13.0 Å². The second kappa shape index (κ2) is 9.73. The van der Waals surface area contributed by atoms with E-state index in [0.717, 1.165) is 25.0 Å². The Morgan fingerprint density at radius 3 is 2.25 bits per heavy atom. The van der Waals surface area contributed by atoms with Crippen molar-refractivity contribution in [1.29, 1.82) is 0 Å². The molecule has 20 heavy (non-hydrogen) atoms. The second-order valence-corrected chi connectivity index (χ2v) is 5.84. The Labute approximate surface area is 123 Å². The Balaban J connectivity index is 2.53. The minimum absolute atomic E-state index is 0.168. The van der Waals surface area contributed by atoms with E-state index in [1.165, 1.54) is 38.5 Å². The molecule has 3 heteroatoms. The van der Waals surface area contributed by atoms with Crippen molar-refractivity contribution in [3.63, 3.8) is 0 Å². The van der Waals surface area contributed by atoms with E-state index in [0.29, 0.717) is 5.69 Å². The molecule has 0 radical (unpaired) electrons. The van der Waals surface area contributed by atoms with Crippen molar-refractivity contribution in [3.8, 4) is 0 Å². The quantitative estimate of drug-likeness (QED) is 0.454. The molecule has 0 aliphatic heterocycles. The average molecular weight is 278 g/mol. The Hall–Kier alpha value is -1.12. The van der Waals surface area contributed by atoms with Crippen LogP contribution in [0.15, 0.2) is 6.07 Å². The first-order valence-corrected chi connectivity index (χ1v) is 8.25. The lowest BCUT2D eigenvalue weighted by Crippen LogP contribution is -2.15. The van der Waals surface area contributed by atoms with Gasteiger partial charge in [0.25, 0.3) is 0 Å². The lowest BCUT2D eigenvalue weighted by Gasteiger charge is -2.14. The van der Waals surface area contributed by atoms with Crippen molar-refractivity contribution >= 4 is 5.78 Å². The Kier molecular flexibility index (Phi) is 8.24. The first kappa shape index (κ1) is 16.9. The second-order valence-electron chi connectivity index (χ2n) is 5.84. The molecule has 0 aliphatic carbocycles. The molecular formula is C17H30N2O. The molecule has 0 fully saturated rings. The molecule has 3 nitrogen and oxygen atoms in total. The number of hydrogen-bond acceptors (Lipinski definition) is 2. The number of ketones is 1. The molecule has 0 amide bonds. The number of hydrogen-bond donors (Lipinski definition) is 1. The van der Waals surface area contributed by atoms with Crippen molar-refractivity contribution in [2.24, 2.45) is 5.92 Å². The Morgan fingerprint density at radius 1 is 1.10 bits per heavy atom. The van der Waals surface area contributed by atoms with Crippen LogP contribution < -0.4 is 0 Å². The fourth-order valence-electron chi connectivity index (χ4n) is 2.62. The molecule has 0 aromatic carbocycles. The number of H-pyrrole nitrogens is 1. The van der Waals surface area contributed by atoms with Crippen LogP contribution in [-0.2, 0) is 0 Å². The molecule has 1 heterocycles. The number of unbranched alkanes of at least 4 members (excludes halogenated alkanes) is 5. The van der Waals surface area contributed by atoms with E-state index in [-0.39, 0.29) is 11.7 Å². The number of carbonyl (C=O) groups is 1. The monoisotopic (exact) mass is 278 g/mol. The summed E-state index contributed by atoms with van der Waals surface area (Å²) in [4.78, 5) is 12.5. The zero-order valence-corrected chi connectivity index (χ0v) is 13.4. The SMILES string of the molecule is CCCCCCC(CCCCC)C(=O)c1cc(C)[nH]n1. The number of nitrogens with one attached hydrogen (secondary N) is 1. The molecule has 0 bridgehead atoms. The minimum atomic E-state index is 0.168. The highest BCUT2D eigenvalue weighted by atomic mass is 16.1. The summed E-state index contributed by atoms with van der Waals surface area (Å²) in [6.07, 6.45) is 10.6. The van der Waals surface area contributed by atoms with Gasteiger partial charge in [0.2, 0.25) is 0 Å². The van der Waals surface area contributed by atoms with Gasteiger partial charge in [-0.3, -0.25) is 9.89 Å². The zero-order valence-electron chi connectivity index (χ0n) is 13.4. The largest absolute Gasteiger partial charge is 0.292 e. The first-order chi connectivity index (χ1) is 9.69. The minimum Gasteiger partial charge on any atom is -0.292 e. The van der Waals surface area contributed by atoms with Crippen LogP contribution in [0.5, 0.6) is 0 Å². The van der Waals surface area contributed by atoms with Crippen LogP contribution in [-0.4, -0.2) is 16.0 Å². The van der Waals surface area contributed by atoms with E-state index in [4.69, 9.17) is 0 Å². The third-order valence-electron chi connectivity index (χ3n) is 3.89. The lowest BCUT2D eigenvalue weighted by molar-refractivity contribution is 0.0896. The number of nitrogens with zero attached hydrogens (tertiary/aromatic N) is 1. The summed E-state index contributed by atoms with van der Waals surface area (Å²) in [5, 5.41) is 7.01. The Bertz CT molecular complexity index is 384. The Morgan fingerprint density at radius 2 is 1.70 bits per heavy atom. The molecule has 114 valence electrons. The maximum absolute atomic E-state index is 12.5. The molecule has 1 aromatic rings. The van der Waals surface area contributed by atoms with E-state index >= 15 is 0 Å². The zero-order chi connectivity index (χ0) is 14.8. The topological polar surface area (TPSA) is 45.8 Å². The highest BCUT2D eigenvalue weighted by Crippen LogP contribution is 2.22. The fourth-order valence-corrected chi connectivity index (χ4v) is 2.62. The lowest BCUT2D eigenvalue weighted by atomic mass is 9.89. The van der Waals surface area contributed by atoms with Gasteiger partial charge in [-0.25, -0.2) is 0 Å². The predicted molar refractivity (Wildman–Crippen MR) is 84.0 cm³/mol. The van der Waals surface area contributed by atoms with Crippen LogP contribution in [0.25, 0.3) is 0 Å². The van der Waals surface area contributed by atoms with E-state index in [2.05, 4.69) is 24.0 Å².